The lowest BCUT2D eigenvalue weighted by atomic mass is 10.1. The van der Waals surface area contributed by atoms with E-state index in [1.807, 2.05) is 39.3 Å². The predicted octanol–water partition coefficient (Wildman–Crippen LogP) is 3.10. The summed E-state index contributed by atoms with van der Waals surface area (Å²) in [6.07, 6.45) is 1.62. The van der Waals surface area contributed by atoms with Crippen LogP contribution in [0.4, 0.5) is 0 Å². The molecule has 0 spiro atoms. The van der Waals surface area contributed by atoms with Gasteiger partial charge in [-0.3, -0.25) is 9.59 Å². The highest BCUT2D eigenvalue weighted by Gasteiger charge is 2.57. The van der Waals surface area contributed by atoms with Crippen LogP contribution in [0.15, 0.2) is 12.7 Å². The van der Waals surface area contributed by atoms with Crippen molar-refractivity contribution in [3.63, 3.8) is 0 Å². The molecule has 0 heterocycles. The van der Waals surface area contributed by atoms with Gasteiger partial charge in [0.15, 0.2) is 5.04 Å². The van der Waals surface area contributed by atoms with Crippen molar-refractivity contribution in [3.05, 3.63) is 12.7 Å². The number of aliphatic carboxylic acids is 1. The first kappa shape index (κ1) is 17.1. The molecular formula is C12H24O4Si2. The maximum absolute atomic E-state index is 12.4. The topological polar surface area (TPSA) is 63.6 Å². The van der Waals surface area contributed by atoms with Crippen LogP contribution in [0, 0.1) is 0 Å². The molecule has 1 atom stereocenters. The lowest BCUT2D eigenvalue weighted by molar-refractivity contribution is -0.152. The van der Waals surface area contributed by atoms with E-state index < -0.39 is 33.4 Å². The van der Waals surface area contributed by atoms with Crippen LogP contribution in [0.25, 0.3) is 0 Å². The van der Waals surface area contributed by atoms with Crippen LogP contribution < -0.4 is 0 Å². The highest BCUT2D eigenvalue weighted by molar-refractivity contribution is 6.86. The Bertz CT molecular complexity index is 352. The second-order valence-corrected chi connectivity index (χ2v) is 16.2. The van der Waals surface area contributed by atoms with Crippen molar-refractivity contribution in [1.29, 1.82) is 0 Å². The molecule has 1 N–H and O–H groups in total. The standard InChI is InChI=1S/C12H24O4Si2/c1-8-9-12(10(13)14,17(2,3)4)11(15)16-18(5,6)7/h8H,1,9H2,2-7H3,(H,13,14). The lowest BCUT2D eigenvalue weighted by Gasteiger charge is -2.38. The van der Waals surface area contributed by atoms with E-state index in [2.05, 4.69) is 6.58 Å². The fraction of sp³-hybridized carbons (Fsp3) is 0.667. The predicted molar refractivity (Wildman–Crippen MR) is 77.9 cm³/mol. The van der Waals surface area contributed by atoms with Gasteiger partial charge in [0, 0.05) is 0 Å². The third-order valence-electron chi connectivity index (χ3n) is 2.84. The van der Waals surface area contributed by atoms with Crippen LogP contribution >= 0.6 is 0 Å². The maximum atomic E-state index is 12.4. The summed E-state index contributed by atoms with van der Waals surface area (Å²) >= 11 is 0. The zero-order chi connectivity index (χ0) is 14.8. The minimum atomic E-state index is -2.31. The van der Waals surface area contributed by atoms with Crippen LogP contribution in [0.1, 0.15) is 6.42 Å². The monoisotopic (exact) mass is 288 g/mol. The fourth-order valence-corrected chi connectivity index (χ4v) is 4.67. The summed E-state index contributed by atoms with van der Waals surface area (Å²) in [5.41, 5.74) is 0. The normalized spacial score (nSPS) is 15.7. The van der Waals surface area contributed by atoms with Gasteiger partial charge in [0.1, 0.15) is 0 Å². The van der Waals surface area contributed by atoms with Crippen LogP contribution in [0.5, 0.6) is 0 Å². The molecule has 6 heteroatoms. The molecule has 1 unspecified atom stereocenters. The highest BCUT2D eigenvalue weighted by Crippen LogP contribution is 2.44. The zero-order valence-electron chi connectivity index (χ0n) is 12.2. The summed E-state index contributed by atoms with van der Waals surface area (Å²) in [5.74, 6) is -1.68. The van der Waals surface area contributed by atoms with E-state index in [0.29, 0.717) is 0 Å². The van der Waals surface area contributed by atoms with Crippen molar-refractivity contribution >= 4 is 28.3 Å². The molecule has 0 saturated carbocycles. The van der Waals surface area contributed by atoms with E-state index in [1.165, 1.54) is 6.08 Å². The molecule has 0 fully saturated rings. The maximum Gasteiger partial charge on any atom is 0.318 e. The number of carbonyl (C=O) groups excluding carboxylic acids is 1. The van der Waals surface area contributed by atoms with Crippen molar-refractivity contribution in [2.45, 2.75) is 50.7 Å². The molecule has 0 aliphatic carbocycles. The molecule has 0 aromatic carbocycles. The van der Waals surface area contributed by atoms with E-state index in [9.17, 15) is 14.7 Å². The Hall–Kier alpha value is -0.886. The zero-order valence-corrected chi connectivity index (χ0v) is 14.2. The van der Waals surface area contributed by atoms with Crippen LogP contribution in [0.3, 0.4) is 0 Å². The summed E-state index contributed by atoms with van der Waals surface area (Å²) in [7, 11) is -4.42. The molecule has 0 amide bonds. The second-order valence-electron chi connectivity index (χ2n) is 6.46. The Morgan fingerprint density at radius 1 is 1.22 bits per heavy atom. The molecule has 0 aliphatic rings. The molecule has 0 rings (SSSR count). The summed E-state index contributed by atoms with van der Waals surface area (Å²) in [6, 6.07) is 0. The molecule has 104 valence electrons. The lowest BCUT2D eigenvalue weighted by Crippen LogP contribution is -2.53. The van der Waals surface area contributed by atoms with Gasteiger partial charge in [0.25, 0.3) is 0 Å². The summed E-state index contributed by atoms with van der Waals surface area (Å²) in [4.78, 5) is 24.1. The molecule has 18 heavy (non-hydrogen) atoms. The van der Waals surface area contributed by atoms with Gasteiger partial charge in [-0.1, -0.05) is 25.7 Å². The van der Waals surface area contributed by atoms with E-state index >= 15 is 0 Å². The first-order valence-electron chi connectivity index (χ1n) is 5.96. The van der Waals surface area contributed by atoms with Gasteiger partial charge in [0.2, 0.25) is 8.32 Å². The van der Waals surface area contributed by atoms with E-state index in [-0.39, 0.29) is 6.42 Å². The average molecular weight is 288 g/mol. The summed E-state index contributed by atoms with van der Waals surface area (Å²) in [5, 5.41) is 8.12. The average Bonchev–Trinajstić information content (AvgIpc) is 2.07. The third kappa shape index (κ3) is 3.55. The van der Waals surface area contributed by atoms with E-state index in [4.69, 9.17) is 4.43 Å². The molecule has 0 bridgehead atoms. The second kappa shape index (κ2) is 5.40. The molecule has 0 aromatic heterocycles. The van der Waals surface area contributed by atoms with Crippen LogP contribution in [-0.2, 0) is 14.0 Å². The number of carboxylic acids is 1. The van der Waals surface area contributed by atoms with Crippen LogP contribution in [-0.4, -0.2) is 33.4 Å². The van der Waals surface area contributed by atoms with E-state index in [0.717, 1.165) is 0 Å². The van der Waals surface area contributed by atoms with Gasteiger partial charge < -0.3 is 9.53 Å². The van der Waals surface area contributed by atoms with E-state index in [1.54, 1.807) is 0 Å². The number of hydrogen-bond acceptors (Lipinski definition) is 3. The van der Waals surface area contributed by atoms with Crippen molar-refractivity contribution in [2.24, 2.45) is 0 Å². The van der Waals surface area contributed by atoms with Gasteiger partial charge in [-0.15, -0.1) is 6.58 Å². The van der Waals surface area contributed by atoms with Gasteiger partial charge in [-0.05, 0) is 26.1 Å². The molecular weight excluding hydrogens is 264 g/mol. The smallest absolute Gasteiger partial charge is 0.318 e. The van der Waals surface area contributed by atoms with Gasteiger partial charge in [0.05, 0.1) is 8.07 Å². The Morgan fingerprint density at radius 3 is 1.89 bits per heavy atom. The first-order chi connectivity index (χ1) is 7.88. The molecule has 0 saturated heterocycles. The molecule has 0 aliphatic heterocycles. The summed E-state index contributed by atoms with van der Waals surface area (Å²) in [6.45, 7) is 14.8. The molecule has 4 nitrogen and oxygen atoms in total. The number of carbonyl (C=O) groups is 2. The van der Waals surface area contributed by atoms with Gasteiger partial charge >= 0.3 is 11.9 Å². The first-order valence-corrected chi connectivity index (χ1v) is 12.9. The van der Waals surface area contributed by atoms with Crippen molar-refractivity contribution in [2.75, 3.05) is 0 Å². The quantitative estimate of drug-likeness (QED) is 0.463. The Kier molecular flexibility index (Phi) is 5.13. The number of hydrogen-bond donors (Lipinski definition) is 1. The Labute approximate surface area is 111 Å². The van der Waals surface area contributed by atoms with Crippen molar-refractivity contribution < 1.29 is 19.1 Å². The fourth-order valence-electron chi connectivity index (χ4n) is 1.77. The minimum Gasteiger partial charge on any atom is -0.519 e. The number of rotatable bonds is 6. The largest absolute Gasteiger partial charge is 0.519 e. The minimum absolute atomic E-state index is 0.126. The van der Waals surface area contributed by atoms with Crippen molar-refractivity contribution in [1.82, 2.24) is 0 Å². The molecule has 0 aromatic rings. The van der Waals surface area contributed by atoms with Crippen molar-refractivity contribution in [3.8, 4) is 0 Å². The third-order valence-corrected chi connectivity index (χ3v) is 6.82. The Balaban J connectivity index is 5.66. The van der Waals surface area contributed by atoms with Gasteiger partial charge in [-0.2, -0.15) is 0 Å². The highest BCUT2D eigenvalue weighted by atomic mass is 28.4. The van der Waals surface area contributed by atoms with Crippen LogP contribution in [0.2, 0.25) is 44.3 Å². The Morgan fingerprint density at radius 2 is 1.67 bits per heavy atom. The number of allylic oxidation sites excluding steroid dienone is 1. The summed E-state index contributed by atoms with van der Waals surface area (Å²) < 4.78 is 5.45. The SMILES string of the molecule is C=CCC(C(=O)O)(C(=O)O[Si](C)(C)C)[Si](C)(C)C. The molecule has 0 radical (unpaired) electrons. The van der Waals surface area contributed by atoms with Gasteiger partial charge in [-0.25, -0.2) is 0 Å². The number of carboxylic acid groups (broad SMARTS) is 1.